The van der Waals surface area contributed by atoms with Crippen molar-refractivity contribution < 1.29 is 4.79 Å². The molecule has 1 N–H and O–H groups in total. The standard InChI is InChI=1S/C18H28ClN5O/c1-5-20-18(21-13-17(25)22(3)4)24-10-8-23(9-11-24)16-12-15(19)7-6-14(16)2/h6-7,12H,5,8-11,13H2,1-4H3,(H,20,21). The lowest BCUT2D eigenvalue weighted by Crippen LogP contribution is -2.53. The van der Waals surface area contributed by atoms with E-state index >= 15 is 0 Å². The van der Waals surface area contributed by atoms with E-state index in [-0.39, 0.29) is 12.5 Å². The summed E-state index contributed by atoms with van der Waals surface area (Å²) in [7, 11) is 3.49. The molecule has 138 valence electrons. The van der Waals surface area contributed by atoms with E-state index in [1.54, 1.807) is 19.0 Å². The average molecular weight is 366 g/mol. The number of nitrogens with zero attached hydrogens (tertiary/aromatic N) is 4. The van der Waals surface area contributed by atoms with E-state index in [4.69, 9.17) is 11.6 Å². The fourth-order valence-corrected chi connectivity index (χ4v) is 2.96. The molecule has 1 aliphatic heterocycles. The Morgan fingerprint density at radius 3 is 2.56 bits per heavy atom. The first kappa shape index (κ1) is 19.4. The maximum atomic E-state index is 11.8. The summed E-state index contributed by atoms with van der Waals surface area (Å²) in [4.78, 5) is 22.4. The van der Waals surface area contributed by atoms with Crippen molar-refractivity contribution in [3.63, 3.8) is 0 Å². The number of guanidine groups is 1. The van der Waals surface area contributed by atoms with Gasteiger partial charge in [-0.15, -0.1) is 0 Å². The number of hydrogen-bond acceptors (Lipinski definition) is 3. The lowest BCUT2D eigenvalue weighted by atomic mass is 10.1. The molecule has 0 saturated carbocycles. The Morgan fingerprint density at radius 2 is 1.96 bits per heavy atom. The van der Waals surface area contributed by atoms with Crippen molar-refractivity contribution in [3.8, 4) is 0 Å². The first-order valence-electron chi connectivity index (χ1n) is 8.67. The van der Waals surface area contributed by atoms with Gasteiger partial charge in [-0.25, -0.2) is 4.99 Å². The van der Waals surface area contributed by atoms with Crippen LogP contribution in [0.15, 0.2) is 23.2 Å². The number of hydrogen-bond donors (Lipinski definition) is 1. The van der Waals surface area contributed by atoms with Gasteiger partial charge < -0.3 is 20.0 Å². The number of aryl methyl sites for hydroxylation is 1. The molecule has 0 aliphatic carbocycles. The van der Waals surface area contributed by atoms with E-state index in [9.17, 15) is 4.79 Å². The predicted octanol–water partition coefficient (Wildman–Crippen LogP) is 1.82. The number of likely N-dealkylation sites (N-methyl/N-ethyl adjacent to an activating group) is 1. The number of benzene rings is 1. The molecule has 1 aromatic rings. The van der Waals surface area contributed by atoms with Gasteiger partial charge in [0.1, 0.15) is 6.54 Å². The Balaban J connectivity index is 2.01. The van der Waals surface area contributed by atoms with Gasteiger partial charge in [-0.2, -0.15) is 0 Å². The molecule has 0 bridgehead atoms. The fourth-order valence-electron chi connectivity index (χ4n) is 2.79. The van der Waals surface area contributed by atoms with Crippen molar-refractivity contribution in [1.82, 2.24) is 15.1 Å². The molecule has 1 heterocycles. The van der Waals surface area contributed by atoms with Gasteiger partial charge in [-0.3, -0.25) is 4.79 Å². The van der Waals surface area contributed by atoms with Crippen LogP contribution in [-0.4, -0.2) is 75.0 Å². The zero-order chi connectivity index (χ0) is 18.4. The molecule has 1 aliphatic rings. The minimum absolute atomic E-state index is 0.00333. The second-order valence-corrected chi connectivity index (χ2v) is 6.80. The summed E-state index contributed by atoms with van der Waals surface area (Å²) in [6.07, 6.45) is 0. The molecule has 1 fully saturated rings. The Kier molecular flexibility index (Phi) is 6.93. The first-order chi connectivity index (χ1) is 11.9. The molecule has 0 radical (unpaired) electrons. The van der Waals surface area contributed by atoms with Crippen LogP contribution in [0.2, 0.25) is 5.02 Å². The zero-order valence-corrected chi connectivity index (χ0v) is 16.3. The third-order valence-electron chi connectivity index (χ3n) is 4.29. The number of halogens is 1. The van der Waals surface area contributed by atoms with Crippen LogP contribution in [0.1, 0.15) is 12.5 Å². The second-order valence-electron chi connectivity index (χ2n) is 6.36. The maximum Gasteiger partial charge on any atom is 0.243 e. The van der Waals surface area contributed by atoms with Crippen molar-refractivity contribution in [1.29, 1.82) is 0 Å². The highest BCUT2D eigenvalue weighted by molar-refractivity contribution is 6.30. The fraction of sp³-hybridized carbons (Fsp3) is 0.556. The number of piperazine rings is 1. The number of carbonyl (C=O) groups excluding carboxylic acids is 1. The van der Waals surface area contributed by atoms with Gasteiger partial charge in [0.25, 0.3) is 0 Å². The molecular formula is C18H28ClN5O. The number of rotatable bonds is 4. The second kappa shape index (κ2) is 8.94. The summed E-state index contributed by atoms with van der Waals surface area (Å²) >= 11 is 6.15. The van der Waals surface area contributed by atoms with Gasteiger partial charge in [0.2, 0.25) is 5.91 Å². The van der Waals surface area contributed by atoms with E-state index in [2.05, 4.69) is 33.1 Å². The van der Waals surface area contributed by atoms with Crippen molar-refractivity contribution >= 4 is 29.2 Å². The van der Waals surface area contributed by atoms with Crippen LogP contribution in [0.25, 0.3) is 0 Å². The molecule has 2 rings (SSSR count). The van der Waals surface area contributed by atoms with E-state index in [1.807, 2.05) is 19.1 Å². The van der Waals surface area contributed by atoms with E-state index < -0.39 is 0 Å². The lowest BCUT2D eigenvalue weighted by Gasteiger charge is -2.38. The van der Waals surface area contributed by atoms with Crippen molar-refractivity contribution in [2.24, 2.45) is 4.99 Å². The molecule has 0 aromatic heterocycles. The number of nitrogens with one attached hydrogen (secondary N) is 1. The van der Waals surface area contributed by atoms with Crippen LogP contribution in [0.3, 0.4) is 0 Å². The quantitative estimate of drug-likeness (QED) is 0.653. The summed E-state index contributed by atoms with van der Waals surface area (Å²) in [5.41, 5.74) is 2.42. The molecule has 1 aromatic carbocycles. The van der Waals surface area contributed by atoms with Crippen molar-refractivity contribution in [2.45, 2.75) is 13.8 Å². The van der Waals surface area contributed by atoms with Crippen LogP contribution in [0.4, 0.5) is 5.69 Å². The molecule has 0 atom stereocenters. The van der Waals surface area contributed by atoms with E-state index in [0.717, 1.165) is 43.7 Å². The Bertz CT molecular complexity index is 624. The topological polar surface area (TPSA) is 51.2 Å². The summed E-state index contributed by atoms with van der Waals surface area (Å²) in [6, 6.07) is 6.01. The molecule has 1 saturated heterocycles. The monoisotopic (exact) mass is 365 g/mol. The minimum Gasteiger partial charge on any atom is -0.368 e. The third-order valence-corrected chi connectivity index (χ3v) is 4.52. The number of anilines is 1. The summed E-state index contributed by atoms with van der Waals surface area (Å²) in [5, 5.41) is 4.05. The van der Waals surface area contributed by atoms with Gasteiger partial charge in [0.05, 0.1) is 0 Å². The third kappa shape index (κ3) is 5.26. The van der Waals surface area contributed by atoms with Gasteiger partial charge in [-0.05, 0) is 31.5 Å². The van der Waals surface area contributed by atoms with Gasteiger partial charge >= 0.3 is 0 Å². The summed E-state index contributed by atoms with van der Waals surface area (Å²) < 4.78 is 0. The van der Waals surface area contributed by atoms with Crippen molar-refractivity contribution in [2.75, 3.05) is 58.3 Å². The summed E-state index contributed by atoms with van der Waals surface area (Å²) in [5.74, 6) is 0.809. The lowest BCUT2D eigenvalue weighted by molar-refractivity contribution is -0.127. The minimum atomic E-state index is 0.00333. The van der Waals surface area contributed by atoms with Crippen molar-refractivity contribution in [3.05, 3.63) is 28.8 Å². The number of carbonyl (C=O) groups is 1. The van der Waals surface area contributed by atoms with Crippen LogP contribution in [0, 0.1) is 6.92 Å². The van der Waals surface area contributed by atoms with Crippen LogP contribution < -0.4 is 10.2 Å². The van der Waals surface area contributed by atoms with Crippen LogP contribution >= 0.6 is 11.6 Å². The van der Waals surface area contributed by atoms with E-state index in [1.165, 1.54) is 11.3 Å². The first-order valence-corrected chi connectivity index (χ1v) is 9.04. The largest absolute Gasteiger partial charge is 0.368 e. The van der Waals surface area contributed by atoms with Gasteiger partial charge in [0, 0.05) is 57.5 Å². The Labute approximate surface area is 155 Å². The Hall–Kier alpha value is -1.95. The number of amides is 1. The molecule has 6 nitrogen and oxygen atoms in total. The molecule has 25 heavy (non-hydrogen) atoms. The number of aliphatic imine (C=N–C) groups is 1. The smallest absolute Gasteiger partial charge is 0.243 e. The van der Waals surface area contributed by atoms with Crippen LogP contribution in [0.5, 0.6) is 0 Å². The van der Waals surface area contributed by atoms with Gasteiger partial charge in [0.15, 0.2) is 5.96 Å². The highest BCUT2D eigenvalue weighted by Crippen LogP contribution is 2.25. The molecule has 7 heteroatoms. The van der Waals surface area contributed by atoms with Gasteiger partial charge in [-0.1, -0.05) is 17.7 Å². The summed E-state index contributed by atoms with van der Waals surface area (Å²) in [6.45, 7) is 8.60. The highest BCUT2D eigenvalue weighted by atomic mass is 35.5. The average Bonchev–Trinajstić information content (AvgIpc) is 2.60. The zero-order valence-electron chi connectivity index (χ0n) is 15.5. The normalized spacial score (nSPS) is 15.3. The molecular weight excluding hydrogens is 338 g/mol. The Morgan fingerprint density at radius 1 is 1.28 bits per heavy atom. The highest BCUT2D eigenvalue weighted by Gasteiger charge is 2.21. The predicted molar refractivity (Wildman–Crippen MR) is 105 cm³/mol. The molecule has 0 spiro atoms. The van der Waals surface area contributed by atoms with E-state index in [0.29, 0.717) is 0 Å². The van der Waals surface area contributed by atoms with Crippen LogP contribution in [-0.2, 0) is 4.79 Å². The molecule has 1 amide bonds. The molecule has 0 unspecified atom stereocenters. The maximum absolute atomic E-state index is 11.8. The SMILES string of the molecule is CCNC(=NCC(=O)N(C)C)N1CCN(c2cc(Cl)ccc2C)CC1.